The number of rotatable bonds is 3. The summed E-state index contributed by atoms with van der Waals surface area (Å²) in [6.07, 6.45) is 0. The van der Waals surface area contributed by atoms with Gasteiger partial charge in [0.15, 0.2) is 0 Å². The van der Waals surface area contributed by atoms with Gasteiger partial charge in [-0.25, -0.2) is 0 Å². The number of azo groups is 1. The number of ether oxygens (including phenoxy) is 1. The first-order valence-corrected chi connectivity index (χ1v) is 6.37. The summed E-state index contributed by atoms with van der Waals surface area (Å²) in [5.41, 5.74) is 2.19. The zero-order chi connectivity index (χ0) is 13.8. The van der Waals surface area contributed by atoms with Crippen molar-refractivity contribution < 1.29 is 4.74 Å². The van der Waals surface area contributed by atoms with Gasteiger partial charge in [0.1, 0.15) is 5.75 Å². The lowest BCUT2D eigenvalue weighted by molar-refractivity contribution is 0.415. The summed E-state index contributed by atoms with van der Waals surface area (Å²) < 4.78 is 5.07. The molecule has 0 saturated carbocycles. The van der Waals surface area contributed by atoms with Gasteiger partial charge in [0, 0.05) is 10.0 Å². The number of methoxy groups -OCH3 is 1. The van der Waals surface area contributed by atoms with Gasteiger partial charge in [-0.15, -0.1) is 0 Å². The van der Waals surface area contributed by atoms with Gasteiger partial charge in [0.05, 0.1) is 18.5 Å². The molecule has 0 bridgehead atoms. The van der Waals surface area contributed by atoms with Crippen LogP contribution in [0, 0.1) is 6.92 Å². The Bertz CT molecular complexity index is 586. The fourth-order valence-electron chi connectivity index (χ4n) is 1.45. The second kappa shape index (κ2) is 6.04. The van der Waals surface area contributed by atoms with Gasteiger partial charge in [-0.1, -0.05) is 23.2 Å². The Morgan fingerprint density at radius 2 is 1.42 bits per heavy atom. The standard InChI is InChI=1S/C14H12Cl2N2O/c1-9-13(15)7-11(8-14(9)16)18-17-10-3-5-12(19-2)6-4-10/h3-8H,1-2H3. The highest BCUT2D eigenvalue weighted by molar-refractivity contribution is 6.36. The van der Waals surface area contributed by atoms with Gasteiger partial charge in [0.2, 0.25) is 0 Å². The Kier molecular flexibility index (Phi) is 4.40. The van der Waals surface area contributed by atoms with E-state index < -0.39 is 0 Å². The summed E-state index contributed by atoms with van der Waals surface area (Å²) in [5, 5.41) is 9.39. The van der Waals surface area contributed by atoms with Crippen molar-refractivity contribution in [2.24, 2.45) is 10.2 Å². The molecule has 0 atom stereocenters. The summed E-state index contributed by atoms with van der Waals surface area (Å²) in [5.74, 6) is 0.778. The van der Waals surface area contributed by atoms with Crippen molar-refractivity contribution in [1.82, 2.24) is 0 Å². The number of benzene rings is 2. The molecule has 19 heavy (non-hydrogen) atoms. The normalized spacial score (nSPS) is 10.9. The maximum absolute atomic E-state index is 6.04. The van der Waals surface area contributed by atoms with Crippen molar-refractivity contribution in [3.05, 3.63) is 52.0 Å². The molecule has 0 aliphatic carbocycles. The van der Waals surface area contributed by atoms with Crippen molar-refractivity contribution in [1.29, 1.82) is 0 Å². The molecule has 98 valence electrons. The lowest BCUT2D eigenvalue weighted by Gasteiger charge is -2.02. The highest BCUT2D eigenvalue weighted by Crippen LogP contribution is 2.30. The van der Waals surface area contributed by atoms with E-state index in [-0.39, 0.29) is 0 Å². The lowest BCUT2D eigenvalue weighted by atomic mass is 10.2. The molecule has 0 fully saturated rings. The SMILES string of the molecule is COc1ccc(N=Nc2cc(Cl)c(C)c(Cl)c2)cc1. The number of halogens is 2. The third-order valence-electron chi connectivity index (χ3n) is 2.62. The van der Waals surface area contributed by atoms with Crippen molar-refractivity contribution in [2.45, 2.75) is 6.92 Å². The number of nitrogens with zero attached hydrogens (tertiary/aromatic N) is 2. The summed E-state index contributed by atoms with van der Waals surface area (Å²) >= 11 is 12.1. The van der Waals surface area contributed by atoms with E-state index in [0.29, 0.717) is 15.7 Å². The van der Waals surface area contributed by atoms with E-state index in [1.165, 1.54) is 0 Å². The molecule has 0 aromatic heterocycles. The minimum absolute atomic E-state index is 0.580. The van der Waals surface area contributed by atoms with E-state index in [1.54, 1.807) is 19.2 Å². The minimum atomic E-state index is 0.580. The van der Waals surface area contributed by atoms with Crippen LogP contribution < -0.4 is 4.74 Å². The van der Waals surface area contributed by atoms with Gasteiger partial charge in [-0.05, 0) is 48.9 Å². The number of hydrogen-bond donors (Lipinski definition) is 0. The Morgan fingerprint density at radius 3 is 1.95 bits per heavy atom. The van der Waals surface area contributed by atoms with Crippen LogP contribution in [0.15, 0.2) is 46.6 Å². The first kappa shape index (κ1) is 13.8. The molecule has 0 heterocycles. The quantitative estimate of drug-likeness (QED) is 0.666. The zero-order valence-electron chi connectivity index (χ0n) is 10.5. The van der Waals surface area contributed by atoms with E-state index in [0.717, 1.165) is 17.0 Å². The fraction of sp³-hybridized carbons (Fsp3) is 0.143. The third kappa shape index (κ3) is 3.46. The predicted molar refractivity (Wildman–Crippen MR) is 78.4 cm³/mol. The predicted octanol–water partition coefficient (Wildman–Crippen LogP) is 5.73. The summed E-state index contributed by atoms with van der Waals surface area (Å²) in [6, 6.07) is 10.7. The first-order chi connectivity index (χ1) is 9.10. The van der Waals surface area contributed by atoms with Crippen LogP contribution in [0.2, 0.25) is 10.0 Å². The van der Waals surface area contributed by atoms with Crippen LogP contribution >= 0.6 is 23.2 Å². The molecule has 2 aromatic rings. The van der Waals surface area contributed by atoms with Gasteiger partial charge < -0.3 is 4.74 Å². The summed E-state index contributed by atoms with van der Waals surface area (Å²) in [7, 11) is 1.62. The van der Waals surface area contributed by atoms with E-state index in [9.17, 15) is 0 Å². The van der Waals surface area contributed by atoms with Crippen molar-refractivity contribution in [2.75, 3.05) is 7.11 Å². The van der Waals surface area contributed by atoms with Crippen molar-refractivity contribution >= 4 is 34.6 Å². The molecule has 0 amide bonds. The van der Waals surface area contributed by atoms with Crippen LogP contribution in [0.5, 0.6) is 5.75 Å². The first-order valence-electron chi connectivity index (χ1n) is 5.61. The molecule has 0 aliphatic rings. The fourth-order valence-corrected chi connectivity index (χ4v) is 1.93. The summed E-state index contributed by atoms with van der Waals surface area (Å²) in [6.45, 7) is 1.86. The average Bonchev–Trinajstić information content (AvgIpc) is 2.43. The Hall–Kier alpha value is -1.58. The van der Waals surface area contributed by atoms with Crippen LogP contribution in [-0.2, 0) is 0 Å². The Morgan fingerprint density at radius 1 is 0.895 bits per heavy atom. The molecule has 3 nitrogen and oxygen atoms in total. The molecule has 0 unspecified atom stereocenters. The molecule has 0 N–H and O–H groups in total. The highest BCUT2D eigenvalue weighted by atomic mass is 35.5. The maximum atomic E-state index is 6.04. The molecular weight excluding hydrogens is 283 g/mol. The smallest absolute Gasteiger partial charge is 0.119 e. The zero-order valence-corrected chi connectivity index (χ0v) is 12.0. The molecule has 2 aromatic carbocycles. The Labute approximate surface area is 121 Å². The van der Waals surface area contributed by atoms with Crippen LogP contribution in [-0.4, -0.2) is 7.11 Å². The molecule has 0 aliphatic heterocycles. The molecule has 0 radical (unpaired) electrons. The molecular formula is C14H12Cl2N2O. The molecule has 2 rings (SSSR count). The maximum Gasteiger partial charge on any atom is 0.119 e. The monoisotopic (exact) mass is 294 g/mol. The molecule has 0 spiro atoms. The third-order valence-corrected chi connectivity index (χ3v) is 3.40. The van der Waals surface area contributed by atoms with Crippen molar-refractivity contribution in [3.63, 3.8) is 0 Å². The van der Waals surface area contributed by atoms with Gasteiger partial charge in [-0.3, -0.25) is 0 Å². The average molecular weight is 295 g/mol. The Balaban J connectivity index is 2.22. The topological polar surface area (TPSA) is 34.0 Å². The van der Waals surface area contributed by atoms with Crippen molar-refractivity contribution in [3.8, 4) is 5.75 Å². The minimum Gasteiger partial charge on any atom is -0.497 e. The van der Waals surface area contributed by atoms with E-state index >= 15 is 0 Å². The van der Waals surface area contributed by atoms with Gasteiger partial charge >= 0.3 is 0 Å². The second-order valence-electron chi connectivity index (χ2n) is 3.93. The van der Waals surface area contributed by atoms with E-state index in [1.807, 2.05) is 31.2 Å². The van der Waals surface area contributed by atoms with Gasteiger partial charge in [0.25, 0.3) is 0 Å². The number of hydrogen-bond acceptors (Lipinski definition) is 3. The van der Waals surface area contributed by atoms with E-state index in [4.69, 9.17) is 27.9 Å². The van der Waals surface area contributed by atoms with Crippen LogP contribution in [0.25, 0.3) is 0 Å². The highest BCUT2D eigenvalue weighted by Gasteiger charge is 2.03. The molecule has 5 heteroatoms. The largest absolute Gasteiger partial charge is 0.497 e. The van der Waals surface area contributed by atoms with Crippen LogP contribution in [0.1, 0.15) is 5.56 Å². The van der Waals surface area contributed by atoms with Gasteiger partial charge in [-0.2, -0.15) is 10.2 Å². The van der Waals surface area contributed by atoms with E-state index in [2.05, 4.69) is 10.2 Å². The lowest BCUT2D eigenvalue weighted by Crippen LogP contribution is -1.79. The van der Waals surface area contributed by atoms with Crippen LogP contribution in [0.3, 0.4) is 0 Å². The van der Waals surface area contributed by atoms with Crippen LogP contribution in [0.4, 0.5) is 11.4 Å². The summed E-state index contributed by atoms with van der Waals surface area (Å²) in [4.78, 5) is 0. The second-order valence-corrected chi connectivity index (χ2v) is 4.75. The molecule has 0 saturated heterocycles.